The van der Waals surface area contributed by atoms with Gasteiger partial charge in [-0.1, -0.05) is 6.92 Å². The lowest BCUT2D eigenvalue weighted by molar-refractivity contribution is -0.138. The number of piperidine rings is 1. The summed E-state index contributed by atoms with van der Waals surface area (Å²) in [5.74, 6) is -0.460. The minimum absolute atomic E-state index is 0.0401. The summed E-state index contributed by atoms with van der Waals surface area (Å²) in [6, 6.07) is 5.39. The first-order valence-electron chi connectivity index (χ1n) is 8.92. The number of benzene rings is 1. The third-order valence-corrected chi connectivity index (χ3v) is 4.50. The Balaban J connectivity index is 1.98. The summed E-state index contributed by atoms with van der Waals surface area (Å²) >= 11 is 0. The number of nitrogens with zero attached hydrogens (tertiary/aromatic N) is 1. The maximum atomic E-state index is 12.6. The zero-order valence-electron chi connectivity index (χ0n) is 15.6. The number of nitrogens with one attached hydrogen (secondary N) is 2. The lowest BCUT2D eigenvalue weighted by atomic mass is 9.96. The predicted molar refractivity (Wildman–Crippen MR) is 99.9 cm³/mol. The summed E-state index contributed by atoms with van der Waals surface area (Å²) < 4.78 is 4.89. The van der Waals surface area contributed by atoms with Crippen molar-refractivity contribution in [2.24, 2.45) is 5.92 Å². The van der Waals surface area contributed by atoms with Gasteiger partial charge in [-0.25, -0.2) is 0 Å². The average Bonchev–Trinajstić information content (AvgIpc) is 2.64. The van der Waals surface area contributed by atoms with Gasteiger partial charge < -0.3 is 20.3 Å². The van der Waals surface area contributed by atoms with Crippen molar-refractivity contribution >= 4 is 29.1 Å². The summed E-state index contributed by atoms with van der Waals surface area (Å²) in [7, 11) is 1.49. The van der Waals surface area contributed by atoms with Crippen LogP contribution in [-0.2, 0) is 19.1 Å². The second-order valence-electron chi connectivity index (χ2n) is 6.53. The Hall–Kier alpha value is -2.41. The Morgan fingerprint density at radius 3 is 2.69 bits per heavy atom. The number of rotatable bonds is 6. The maximum Gasteiger partial charge on any atom is 0.248 e. The molecule has 1 aromatic rings. The first kappa shape index (κ1) is 19.9. The number of amides is 3. The lowest BCUT2D eigenvalue weighted by Gasteiger charge is -2.32. The largest absolute Gasteiger partial charge is 0.375 e. The molecule has 1 saturated heterocycles. The molecule has 142 valence electrons. The van der Waals surface area contributed by atoms with Crippen molar-refractivity contribution in [1.82, 2.24) is 4.90 Å². The first-order valence-corrected chi connectivity index (χ1v) is 8.92. The van der Waals surface area contributed by atoms with Gasteiger partial charge in [0.25, 0.3) is 0 Å². The Kier molecular flexibility index (Phi) is 7.15. The van der Waals surface area contributed by atoms with E-state index >= 15 is 0 Å². The molecule has 1 unspecified atom stereocenters. The average molecular weight is 361 g/mol. The lowest BCUT2D eigenvalue weighted by Crippen LogP contribution is -2.45. The fourth-order valence-electron chi connectivity index (χ4n) is 3.00. The fourth-order valence-corrected chi connectivity index (χ4v) is 3.00. The van der Waals surface area contributed by atoms with E-state index in [2.05, 4.69) is 10.6 Å². The zero-order valence-corrected chi connectivity index (χ0v) is 15.6. The SMILES string of the molecule is CCC(=O)Nc1ccc(NC(=O)C2CCCN(C(=O)COC)C2)c(C)c1. The number of carbonyl (C=O) groups is 3. The normalized spacial score (nSPS) is 16.9. The van der Waals surface area contributed by atoms with Crippen LogP contribution in [0.25, 0.3) is 0 Å². The highest BCUT2D eigenvalue weighted by Crippen LogP contribution is 2.23. The number of hydrogen-bond donors (Lipinski definition) is 2. The van der Waals surface area contributed by atoms with Gasteiger partial charge in [-0.05, 0) is 43.5 Å². The van der Waals surface area contributed by atoms with Gasteiger partial charge in [0, 0.05) is 38.0 Å². The van der Waals surface area contributed by atoms with Crippen molar-refractivity contribution in [2.45, 2.75) is 33.1 Å². The first-order chi connectivity index (χ1) is 12.4. The second-order valence-corrected chi connectivity index (χ2v) is 6.53. The molecule has 0 aliphatic carbocycles. The summed E-state index contributed by atoms with van der Waals surface area (Å²) in [4.78, 5) is 37.7. The molecule has 1 atom stereocenters. The van der Waals surface area contributed by atoms with Gasteiger partial charge in [0.15, 0.2) is 0 Å². The summed E-state index contributed by atoms with van der Waals surface area (Å²) in [5, 5.41) is 5.74. The molecule has 7 heteroatoms. The van der Waals surface area contributed by atoms with Gasteiger partial charge in [-0.3, -0.25) is 14.4 Å². The van der Waals surface area contributed by atoms with E-state index in [4.69, 9.17) is 4.74 Å². The van der Waals surface area contributed by atoms with Crippen molar-refractivity contribution in [3.8, 4) is 0 Å². The van der Waals surface area contributed by atoms with Crippen molar-refractivity contribution in [3.05, 3.63) is 23.8 Å². The molecule has 1 aliphatic heterocycles. The van der Waals surface area contributed by atoms with E-state index in [1.54, 1.807) is 24.0 Å². The number of likely N-dealkylation sites (tertiary alicyclic amines) is 1. The molecule has 1 fully saturated rings. The second kappa shape index (κ2) is 9.33. The Bertz CT molecular complexity index is 675. The van der Waals surface area contributed by atoms with Crippen molar-refractivity contribution < 1.29 is 19.1 Å². The van der Waals surface area contributed by atoms with Crippen molar-refractivity contribution in [1.29, 1.82) is 0 Å². The quantitative estimate of drug-likeness (QED) is 0.813. The molecule has 7 nitrogen and oxygen atoms in total. The molecule has 0 aromatic heterocycles. The topological polar surface area (TPSA) is 87.7 Å². The van der Waals surface area contributed by atoms with Crippen LogP contribution in [0.15, 0.2) is 18.2 Å². The van der Waals surface area contributed by atoms with E-state index in [1.165, 1.54) is 7.11 Å². The molecular formula is C19H27N3O4. The van der Waals surface area contributed by atoms with E-state index in [-0.39, 0.29) is 30.2 Å². The highest BCUT2D eigenvalue weighted by Gasteiger charge is 2.28. The van der Waals surface area contributed by atoms with Crippen molar-refractivity contribution in [3.63, 3.8) is 0 Å². The Labute approximate surface area is 154 Å². The van der Waals surface area contributed by atoms with Gasteiger partial charge in [-0.15, -0.1) is 0 Å². The monoisotopic (exact) mass is 361 g/mol. The third kappa shape index (κ3) is 5.29. The van der Waals surface area contributed by atoms with E-state index in [1.807, 2.05) is 13.0 Å². The van der Waals surface area contributed by atoms with Crippen LogP contribution >= 0.6 is 0 Å². The Morgan fingerprint density at radius 1 is 1.27 bits per heavy atom. The number of carbonyl (C=O) groups excluding carboxylic acids is 3. The van der Waals surface area contributed by atoms with Gasteiger partial charge in [-0.2, -0.15) is 0 Å². The molecule has 0 bridgehead atoms. The van der Waals surface area contributed by atoms with Crippen LogP contribution in [-0.4, -0.2) is 49.4 Å². The van der Waals surface area contributed by atoms with Gasteiger partial charge in [0.05, 0.1) is 5.92 Å². The van der Waals surface area contributed by atoms with Gasteiger partial charge in [0.2, 0.25) is 17.7 Å². The van der Waals surface area contributed by atoms with Crippen LogP contribution in [0.1, 0.15) is 31.7 Å². The molecule has 3 amide bonds. The molecule has 2 rings (SSSR count). The molecule has 1 aromatic carbocycles. The molecule has 0 spiro atoms. The predicted octanol–water partition coefficient (Wildman–Crippen LogP) is 2.17. The zero-order chi connectivity index (χ0) is 19.1. The Morgan fingerprint density at radius 2 is 2.04 bits per heavy atom. The molecular weight excluding hydrogens is 334 g/mol. The highest BCUT2D eigenvalue weighted by atomic mass is 16.5. The number of hydrogen-bond acceptors (Lipinski definition) is 4. The maximum absolute atomic E-state index is 12.6. The minimum atomic E-state index is -0.233. The summed E-state index contributed by atoms with van der Waals surface area (Å²) in [5.41, 5.74) is 2.29. The van der Waals surface area contributed by atoms with Crippen LogP contribution in [0.4, 0.5) is 11.4 Å². The van der Waals surface area contributed by atoms with Crippen LogP contribution < -0.4 is 10.6 Å². The number of methoxy groups -OCH3 is 1. The molecule has 2 N–H and O–H groups in total. The standard InChI is InChI=1S/C19H27N3O4/c1-4-17(23)20-15-7-8-16(13(2)10-15)21-19(25)14-6-5-9-22(11-14)18(24)12-26-3/h7-8,10,14H,4-6,9,11-12H2,1-3H3,(H,20,23)(H,21,25). The third-order valence-electron chi connectivity index (χ3n) is 4.50. The summed E-state index contributed by atoms with van der Waals surface area (Å²) in [6.45, 7) is 4.79. The van der Waals surface area contributed by atoms with Gasteiger partial charge >= 0.3 is 0 Å². The molecule has 0 radical (unpaired) electrons. The minimum Gasteiger partial charge on any atom is -0.375 e. The molecule has 26 heavy (non-hydrogen) atoms. The fraction of sp³-hybridized carbons (Fsp3) is 0.526. The van der Waals surface area contributed by atoms with Crippen LogP contribution in [0.3, 0.4) is 0 Å². The van der Waals surface area contributed by atoms with Gasteiger partial charge in [0.1, 0.15) is 6.61 Å². The van der Waals surface area contributed by atoms with Crippen molar-refractivity contribution in [2.75, 3.05) is 37.4 Å². The van der Waals surface area contributed by atoms with E-state index < -0.39 is 0 Å². The number of ether oxygens (including phenoxy) is 1. The smallest absolute Gasteiger partial charge is 0.248 e. The molecule has 1 heterocycles. The highest BCUT2D eigenvalue weighted by molar-refractivity contribution is 5.95. The van der Waals surface area contributed by atoms with Crippen LogP contribution in [0.5, 0.6) is 0 Å². The van der Waals surface area contributed by atoms with E-state index in [0.717, 1.165) is 18.4 Å². The molecule has 0 saturated carbocycles. The van der Waals surface area contributed by atoms with E-state index in [9.17, 15) is 14.4 Å². The van der Waals surface area contributed by atoms with Crippen LogP contribution in [0.2, 0.25) is 0 Å². The summed E-state index contributed by atoms with van der Waals surface area (Å²) in [6.07, 6.45) is 1.97. The van der Waals surface area contributed by atoms with Crippen LogP contribution in [0, 0.1) is 12.8 Å². The molecule has 1 aliphatic rings. The number of aryl methyl sites for hydroxylation is 1. The number of anilines is 2. The van der Waals surface area contributed by atoms with E-state index in [0.29, 0.717) is 30.9 Å².